The minimum Gasteiger partial charge on any atom is -0.396 e. The van der Waals surface area contributed by atoms with E-state index in [4.69, 9.17) is 5.11 Å². The zero-order chi connectivity index (χ0) is 11.3. The third-order valence-corrected chi connectivity index (χ3v) is 3.74. The highest BCUT2D eigenvalue weighted by molar-refractivity contribution is 4.94. The Morgan fingerprint density at radius 3 is 2.40 bits per heavy atom. The highest BCUT2D eigenvalue weighted by atomic mass is 16.3. The SMILES string of the molecule is CC(CO)CNCC1(N(C)C)CCCC1. The molecule has 1 unspecified atom stereocenters. The molecule has 1 fully saturated rings. The van der Waals surface area contributed by atoms with Gasteiger partial charge in [-0.05, 0) is 39.4 Å². The van der Waals surface area contributed by atoms with Crippen molar-refractivity contribution in [3.05, 3.63) is 0 Å². The van der Waals surface area contributed by atoms with Crippen LogP contribution in [0.5, 0.6) is 0 Å². The molecule has 0 amide bonds. The normalized spacial score (nSPS) is 22.2. The molecule has 0 heterocycles. The van der Waals surface area contributed by atoms with Gasteiger partial charge in [0.25, 0.3) is 0 Å². The molecule has 0 spiro atoms. The van der Waals surface area contributed by atoms with Crippen LogP contribution in [0.1, 0.15) is 32.6 Å². The van der Waals surface area contributed by atoms with Crippen LogP contribution in [0.4, 0.5) is 0 Å². The van der Waals surface area contributed by atoms with Gasteiger partial charge in [0.05, 0.1) is 0 Å². The van der Waals surface area contributed by atoms with Crippen molar-refractivity contribution in [1.29, 1.82) is 0 Å². The predicted octanol–water partition coefficient (Wildman–Crippen LogP) is 1.08. The number of nitrogens with one attached hydrogen (secondary N) is 1. The summed E-state index contributed by atoms with van der Waals surface area (Å²) < 4.78 is 0. The zero-order valence-corrected chi connectivity index (χ0v) is 10.4. The number of likely N-dealkylation sites (N-methyl/N-ethyl adjacent to an activating group) is 1. The van der Waals surface area contributed by atoms with E-state index in [0.717, 1.165) is 13.1 Å². The molecule has 0 aromatic rings. The van der Waals surface area contributed by atoms with Gasteiger partial charge in [-0.15, -0.1) is 0 Å². The van der Waals surface area contributed by atoms with Crippen molar-refractivity contribution in [2.24, 2.45) is 5.92 Å². The van der Waals surface area contributed by atoms with Gasteiger partial charge in [0.2, 0.25) is 0 Å². The Bertz CT molecular complexity index is 176. The second kappa shape index (κ2) is 5.83. The summed E-state index contributed by atoms with van der Waals surface area (Å²) in [7, 11) is 4.37. The molecule has 0 aromatic carbocycles. The van der Waals surface area contributed by atoms with Crippen molar-refractivity contribution in [2.75, 3.05) is 33.8 Å². The Hall–Kier alpha value is -0.120. The molecule has 3 heteroatoms. The minimum atomic E-state index is 0.280. The van der Waals surface area contributed by atoms with Gasteiger partial charge in [-0.25, -0.2) is 0 Å². The van der Waals surface area contributed by atoms with Crippen LogP contribution < -0.4 is 5.32 Å². The van der Waals surface area contributed by atoms with Crippen molar-refractivity contribution in [3.63, 3.8) is 0 Å². The Labute approximate surface area is 93.9 Å². The second-order valence-corrected chi connectivity index (χ2v) is 5.24. The third-order valence-electron chi connectivity index (χ3n) is 3.74. The molecular formula is C12H26N2O. The summed E-state index contributed by atoms with van der Waals surface area (Å²) in [5.74, 6) is 0.366. The van der Waals surface area contributed by atoms with Crippen LogP contribution in [0.15, 0.2) is 0 Å². The molecule has 1 saturated carbocycles. The quantitative estimate of drug-likeness (QED) is 0.694. The maximum Gasteiger partial charge on any atom is 0.0468 e. The lowest BCUT2D eigenvalue weighted by molar-refractivity contribution is 0.148. The molecule has 0 aliphatic heterocycles. The van der Waals surface area contributed by atoms with Crippen molar-refractivity contribution in [1.82, 2.24) is 10.2 Å². The highest BCUT2D eigenvalue weighted by Crippen LogP contribution is 2.32. The molecule has 0 aromatic heterocycles. The first-order valence-corrected chi connectivity index (χ1v) is 6.10. The molecule has 1 atom stereocenters. The van der Waals surface area contributed by atoms with E-state index >= 15 is 0 Å². The van der Waals surface area contributed by atoms with Crippen LogP contribution in [-0.2, 0) is 0 Å². The van der Waals surface area contributed by atoms with Crippen LogP contribution in [0.2, 0.25) is 0 Å². The van der Waals surface area contributed by atoms with E-state index in [2.05, 4.69) is 31.2 Å². The topological polar surface area (TPSA) is 35.5 Å². The lowest BCUT2D eigenvalue weighted by Crippen LogP contribution is -2.50. The summed E-state index contributed by atoms with van der Waals surface area (Å²) in [5.41, 5.74) is 0.370. The van der Waals surface area contributed by atoms with Crippen molar-refractivity contribution < 1.29 is 5.11 Å². The fraction of sp³-hybridized carbons (Fsp3) is 1.00. The predicted molar refractivity (Wildman–Crippen MR) is 64.0 cm³/mol. The van der Waals surface area contributed by atoms with Gasteiger partial charge in [-0.3, -0.25) is 0 Å². The molecule has 1 aliphatic carbocycles. The monoisotopic (exact) mass is 214 g/mol. The van der Waals surface area contributed by atoms with Crippen molar-refractivity contribution >= 4 is 0 Å². The lowest BCUT2D eigenvalue weighted by atomic mass is 9.96. The minimum absolute atomic E-state index is 0.280. The van der Waals surface area contributed by atoms with Gasteiger partial charge in [-0.1, -0.05) is 19.8 Å². The molecule has 1 aliphatic rings. The van der Waals surface area contributed by atoms with E-state index in [9.17, 15) is 0 Å². The van der Waals surface area contributed by atoms with Gasteiger partial charge in [-0.2, -0.15) is 0 Å². The van der Waals surface area contributed by atoms with E-state index in [-0.39, 0.29) is 6.61 Å². The summed E-state index contributed by atoms with van der Waals surface area (Å²) in [6.45, 7) is 4.34. The van der Waals surface area contributed by atoms with Crippen LogP contribution in [0, 0.1) is 5.92 Å². The lowest BCUT2D eigenvalue weighted by Gasteiger charge is -2.37. The largest absolute Gasteiger partial charge is 0.396 e. The van der Waals surface area contributed by atoms with Crippen molar-refractivity contribution in [3.8, 4) is 0 Å². The first-order valence-electron chi connectivity index (χ1n) is 6.10. The first kappa shape index (κ1) is 12.9. The number of aliphatic hydroxyl groups excluding tert-OH is 1. The number of nitrogens with zero attached hydrogens (tertiary/aromatic N) is 1. The van der Waals surface area contributed by atoms with Gasteiger partial charge in [0.1, 0.15) is 0 Å². The number of rotatable bonds is 6. The smallest absolute Gasteiger partial charge is 0.0468 e. The molecule has 1 rings (SSSR count). The maximum atomic E-state index is 8.95. The Kier molecular flexibility index (Phi) is 5.03. The second-order valence-electron chi connectivity index (χ2n) is 5.24. The standard InChI is InChI=1S/C12H26N2O/c1-11(9-15)8-13-10-12(14(2)3)6-4-5-7-12/h11,13,15H,4-10H2,1-3H3. The van der Waals surface area contributed by atoms with E-state index in [1.807, 2.05) is 0 Å². The third kappa shape index (κ3) is 3.44. The van der Waals surface area contributed by atoms with Crippen LogP contribution >= 0.6 is 0 Å². The van der Waals surface area contributed by atoms with E-state index in [1.54, 1.807) is 0 Å². The van der Waals surface area contributed by atoms with Gasteiger partial charge in [0, 0.05) is 18.7 Å². The highest BCUT2D eigenvalue weighted by Gasteiger charge is 2.35. The van der Waals surface area contributed by atoms with Gasteiger partial charge < -0.3 is 15.3 Å². The summed E-state index contributed by atoms with van der Waals surface area (Å²) in [6, 6.07) is 0. The Morgan fingerprint density at radius 2 is 1.93 bits per heavy atom. The molecule has 0 saturated heterocycles. The van der Waals surface area contributed by atoms with Gasteiger partial charge >= 0.3 is 0 Å². The van der Waals surface area contributed by atoms with Crippen LogP contribution in [-0.4, -0.2) is 49.3 Å². The number of hydrogen-bond acceptors (Lipinski definition) is 3. The zero-order valence-electron chi connectivity index (χ0n) is 10.4. The van der Waals surface area contributed by atoms with Gasteiger partial charge in [0.15, 0.2) is 0 Å². The van der Waals surface area contributed by atoms with Crippen LogP contribution in [0.3, 0.4) is 0 Å². The fourth-order valence-electron chi connectivity index (χ4n) is 2.43. The number of hydrogen-bond donors (Lipinski definition) is 2. The molecule has 15 heavy (non-hydrogen) atoms. The van der Waals surface area contributed by atoms with E-state index < -0.39 is 0 Å². The molecule has 3 nitrogen and oxygen atoms in total. The summed E-state index contributed by atoms with van der Waals surface area (Å²) in [6.07, 6.45) is 5.33. The summed E-state index contributed by atoms with van der Waals surface area (Å²) in [4.78, 5) is 2.37. The number of aliphatic hydroxyl groups is 1. The molecule has 2 N–H and O–H groups in total. The molecule has 0 bridgehead atoms. The summed E-state index contributed by atoms with van der Waals surface area (Å²) >= 11 is 0. The van der Waals surface area contributed by atoms with Crippen LogP contribution in [0.25, 0.3) is 0 Å². The first-order chi connectivity index (χ1) is 7.10. The Balaban J connectivity index is 2.33. The van der Waals surface area contributed by atoms with E-state index in [1.165, 1.54) is 25.7 Å². The average Bonchev–Trinajstić information content (AvgIpc) is 2.67. The molecule has 90 valence electrons. The van der Waals surface area contributed by atoms with E-state index in [0.29, 0.717) is 11.5 Å². The Morgan fingerprint density at radius 1 is 1.33 bits per heavy atom. The van der Waals surface area contributed by atoms with Crippen molar-refractivity contribution in [2.45, 2.75) is 38.1 Å². The maximum absolute atomic E-state index is 8.95. The molecular weight excluding hydrogens is 188 g/mol. The molecule has 0 radical (unpaired) electrons. The summed E-state index contributed by atoms with van der Waals surface area (Å²) in [5, 5.41) is 12.4. The average molecular weight is 214 g/mol. The fourth-order valence-corrected chi connectivity index (χ4v) is 2.43.